The molecule has 0 radical (unpaired) electrons. The molecule has 8 nitrogen and oxygen atoms in total. The Bertz CT molecular complexity index is 1180. The lowest BCUT2D eigenvalue weighted by atomic mass is 9.91. The fourth-order valence-electron chi connectivity index (χ4n) is 4.45. The largest absolute Gasteiger partial charge is 0.494 e. The molecule has 35 heavy (non-hydrogen) atoms. The van der Waals surface area contributed by atoms with Gasteiger partial charge in [0.1, 0.15) is 11.5 Å². The van der Waals surface area contributed by atoms with Gasteiger partial charge in [-0.15, -0.1) is 0 Å². The number of ether oxygens (including phenoxy) is 2. The standard InChI is InChI=1S/C26H31ClN4O4/c1-5-34-20-8-6-16(10-17(20)13-31-22(32)12-26(3,4)30-25(31)28)24(33)29-23-15(2)14-35-21-9-7-18(27)11-19(21)23/h6-11,15,23H,5,12-14H2,1-4H3,(H2,28,30)(H,29,33). The number of carbonyl (C=O) groups excluding carboxylic acids is 2. The van der Waals surface area contributed by atoms with Crippen molar-refractivity contribution in [2.45, 2.75) is 52.2 Å². The van der Waals surface area contributed by atoms with Gasteiger partial charge in [0.25, 0.3) is 5.91 Å². The highest BCUT2D eigenvalue weighted by Crippen LogP contribution is 2.37. The number of amides is 2. The molecule has 2 heterocycles. The molecular formula is C26H31ClN4O4. The Labute approximate surface area is 210 Å². The fraction of sp³-hybridized carbons (Fsp3) is 0.423. The van der Waals surface area contributed by atoms with Crippen LogP contribution in [0.25, 0.3) is 0 Å². The van der Waals surface area contributed by atoms with E-state index in [1.807, 2.05) is 39.8 Å². The molecule has 2 unspecified atom stereocenters. The lowest BCUT2D eigenvalue weighted by molar-refractivity contribution is -0.129. The molecule has 0 fully saturated rings. The van der Waals surface area contributed by atoms with Gasteiger partial charge in [-0.1, -0.05) is 18.5 Å². The molecule has 0 spiro atoms. The normalized spacial score (nSPS) is 21.0. The number of guanidine groups is 1. The molecule has 0 saturated carbocycles. The number of hydrogen-bond donors (Lipinski definition) is 2. The molecule has 9 heteroatoms. The number of fused-ring (bicyclic) bond motifs is 1. The third kappa shape index (κ3) is 5.37. The molecule has 186 valence electrons. The van der Waals surface area contributed by atoms with Crippen LogP contribution in [0.5, 0.6) is 11.5 Å². The van der Waals surface area contributed by atoms with E-state index in [-0.39, 0.29) is 42.7 Å². The Kier molecular flexibility index (Phi) is 6.94. The topological polar surface area (TPSA) is 106 Å². The summed E-state index contributed by atoms with van der Waals surface area (Å²) in [4.78, 5) is 32.0. The first kappa shape index (κ1) is 24.9. The average Bonchev–Trinajstić information content (AvgIpc) is 2.78. The Morgan fingerprint density at radius 3 is 2.80 bits per heavy atom. The van der Waals surface area contributed by atoms with Crippen molar-refractivity contribution in [3.63, 3.8) is 0 Å². The van der Waals surface area contributed by atoms with Crippen molar-refractivity contribution >= 4 is 29.4 Å². The van der Waals surface area contributed by atoms with Crippen LogP contribution in [-0.4, -0.2) is 41.4 Å². The second-order valence-corrected chi connectivity index (χ2v) is 10.1. The third-order valence-electron chi connectivity index (χ3n) is 6.19. The summed E-state index contributed by atoms with van der Waals surface area (Å²) in [7, 11) is 0. The van der Waals surface area contributed by atoms with E-state index in [9.17, 15) is 9.59 Å². The first-order valence-corrected chi connectivity index (χ1v) is 12.1. The molecule has 0 aromatic heterocycles. The van der Waals surface area contributed by atoms with E-state index in [0.29, 0.717) is 40.9 Å². The molecular weight excluding hydrogens is 468 g/mol. The molecule has 2 amide bonds. The van der Waals surface area contributed by atoms with Crippen molar-refractivity contribution in [3.8, 4) is 11.5 Å². The van der Waals surface area contributed by atoms with E-state index in [0.717, 1.165) is 5.56 Å². The summed E-state index contributed by atoms with van der Waals surface area (Å²) in [5.74, 6) is 1.15. The minimum Gasteiger partial charge on any atom is -0.494 e. The molecule has 2 aliphatic rings. The smallest absolute Gasteiger partial charge is 0.251 e. The number of halogens is 1. The van der Waals surface area contributed by atoms with Crippen LogP contribution in [0.4, 0.5) is 0 Å². The van der Waals surface area contributed by atoms with E-state index < -0.39 is 5.54 Å². The first-order chi connectivity index (χ1) is 16.6. The predicted octanol–water partition coefficient (Wildman–Crippen LogP) is 4.06. The molecule has 3 N–H and O–H groups in total. The zero-order valence-electron chi connectivity index (χ0n) is 20.4. The van der Waals surface area contributed by atoms with E-state index in [1.54, 1.807) is 24.3 Å². The molecule has 2 atom stereocenters. The Hall–Kier alpha value is -3.26. The summed E-state index contributed by atoms with van der Waals surface area (Å²) in [6.07, 6.45) is 0.251. The molecule has 0 bridgehead atoms. The highest BCUT2D eigenvalue weighted by Gasteiger charge is 2.33. The number of hydrogen-bond acceptors (Lipinski definition) is 6. The number of nitrogens with zero attached hydrogens (tertiary/aromatic N) is 2. The second-order valence-electron chi connectivity index (χ2n) is 9.62. The van der Waals surface area contributed by atoms with Gasteiger partial charge in [-0.25, -0.2) is 4.99 Å². The highest BCUT2D eigenvalue weighted by molar-refractivity contribution is 6.30. The van der Waals surface area contributed by atoms with Crippen molar-refractivity contribution in [1.82, 2.24) is 10.2 Å². The monoisotopic (exact) mass is 498 g/mol. The maximum Gasteiger partial charge on any atom is 0.251 e. The molecule has 2 aromatic carbocycles. The summed E-state index contributed by atoms with van der Waals surface area (Å²) in [5.41, 5.74) is 7.56. The third-order valence-corrected chi connectivity index (χ3v) is 6.43. The number of benzene rings is 2. The van der Waals surface area contributed by atoms with Gasteiger partial charge in [0.2, 0.25) is 5.91 Å². The zero-order valence-corrected chi connectivity index (χ0v) is 21.2. The minimum absolute atomic E-state index is 0.0532. The summed E-state index contributed by atoms with van der Waals surface area (Å²) in [6.45, 7) is 8.73. The zero-order chi connectivity index (χ0) is 25.3. The van der Waals surface area contributed by atoms with Gasteiger partial charge in [-0.2, -0.15) is 0 Å². The average molecular weight is 499 g/mol. The molecule has 0 aliphatic carbocycles. The molecule has 2 aromatic rings. The number of nitrogens with one attached hydrogen (secondary N) is 1. The lowest BCUT2D eigenvalue weighted by Gasteiger charge is -2.33. The van der Waals surface area contributed by atoms with Crippen molar-refractivity contribution in [3.05, 3.63) is 58.1 Å². The van der Waals surface area contributed by atoms with Gasteiger partial charge in [-0.05, 0) is 57.2 Å². The van der Waals surface area contributed by atoms with Gasteiger partial charge in [0.15, 0.2) is 5.96 Å². The van der Waals surface area contributed by atoms with Crippen LogP contribution in [0.2, 0.25) is 5.02 Å². The lowest BCUT2D eigenvalue weighted by Crippen LogP contribution is -2.49. The first-order valence-electron chi connectivity index (χ1n) is 11.7. The molecule has 2 aliphatic heterocycles. The maximum atomic E-state index is 13.3. The van der Waals surface area contributed by atoms with Crippen molar-refractivity contribution in [1.29, 1.82) is 0 Å². The molecule has 4 rings (SSSR count). The van der Waals surface area contributed by atoms with Crippen LogP contribution in [0.3, 0.4) is 0 Å². The van der Waals surface area contributed by atoms with E-state index >= 15 is 0 Å². The van der Waals surface area contributed by atoms with Crippen LogP contribution in [0, 0.1) is 5.92 Å². The number of aliphatic imine (C=N–C) groups is 1. The van der Waals surface area contributed by atoms with Crippen LogP contribution in [0.15, 0.2) is 41.4 Å². The highest BCUT2D eigenvalue weighted by atomic mass is 35.5. The summed E-state index contributed by atoms with van der Waals surface area (Å²) in [6, 6.07) is 10.4. The second kappa shape index (κ2) is 9.77. The van der Waals surface area contributed by atoms with Crippen LogP contribution >= 0.6 is 11.6 Å². The van der Waals surface area contributed by atoms with E-state index in [4.69, 9.17) is 26.8 Å². The van der Waals surface area contributed by atoms with Crippen molar-refractivity contribution in [2.75, 3.05) is 13.2 Å². The SMILES string of the molecule is CCOc1ccc(C(=O)NC2c3cc(Cl)ccc3OCC2C)cc1CN1C(=O)CC(C)(C)N=C1N. The fourth-order valence-corrected chi connectivity index (χ4v) is 4.63. The van der Waals surface area contributed by atoms with Crippen LogP contribution in [0.1, 0.15) is 61.6 Å². The van der Waals surface area contributed by atoms with Crippen LogP contribution < -0.4 is 20.5 Å². The quantitative estimate of drug-likeness (QED) is 0.624. The van der Waals surface area contributed by atoms with E-state index in [2.05, 4.69) is 10.3 Å². The van der Waals surface area contributed by atoms with Crippen molar-refractivity contribution in [2.24, 2.45) is 16.6 Å². The number of nitrogens with two attached hydrogens (primary N) is 1. The summed E-state index contributed by atoms with van der Waals surface area (Å²) >= 11 is 6.21. The van der Waals surface area contributed by atoms with Crippen LogP contribution in [-0.2, 0) is 11.3 Å². The van der Waals surface area contributed by atoms with Gasteiger partial charge in [-0.3, -0.25) is 14.5 Å². The van der Waals surface area contributed by atoms with E-state index in [1.165, 1.54) is 4.90 Å². The minimum atomic E-state index is -0.540. The molecule has 0 saturated heterocycles. The predicted molar refractivity (Wildman–Crippen MR) is 135 cm³/mol. The summed E-state index contributed by atoms with van der Waals surface area (Å²) < 4.78 is 11.6. The van der Waals surface area contributed by atoms with Gasteiger partial charge in [0, 0.05) is 27.6 Å². The maximum absolute atomic E-state index is 13.3. The van der Waals surface area contributed by atoms with Gasteiger partial charge in [0.05, 0.1) is 37.8 Å². The Morgan fingerprint density at radius 1 is 1.31 bits per heavy atom. The number of rotatable bonds is 6. The number of carbonyl (C=O) groups is 2. The Balaban J connectivity index is 1.61. The van der Waals surface area contributed by atoms with Gasteiger partial charge < -0.3 is 20.5 Å². The summed E-state index contributed by atoms with van der Waals surface area (Å²) in [5, 5.41) is 3.71. The van der Waals surface area contributed by atoms with Gasteiger partial charge >= 0.3 is 0 Å². The van der Waals surface area contributed by atoms with Crippen molar-refractivity contribution < 1.29 is 19.1 Å². The Morgan fingerprint density at radius 2 is 2.09 bits per heavy atom.